The van der Waals surface area contributed by atoms with Gasteiger partial charge in [-0.05, 0) is 42.8 Å². The molecule has 31 heavy (non-hydrogen) atoms. The molecule has 1 aliphatic rings. The van der Waals surface area contributed by atoms with Crippen molar-refractivity contribution in [3.8, 4) is 5.75 Å². The van der Waals surface area contributed by atoms with Gasteiger partial charge in [0, 0.05) is 30.0 Å². The molecule has 2 aromatic heterocycles. The number of hydrogen-bond acceptors (Lipinski definition) is 6. The number of aryl methyl sites for hydroxylation is 1. The van der Waals surface area contributed by atoms with Crippen LogP contribution in [0, 0.1) is 0 Å². The van der Waals surface area contributed by atoms with Gasteiger partial charge in [-0.2, -0.15) is 0 Å². The molecule has 0 spiro atoms. The summed E-state index contributed by atoms with van der Waals surface area (Å²) in [5.74, 6) is 0.925. The highest BCUT2D eigenvalue weighted by molar-refractivity contribution is 6.30. The lowest BCUT2D eigenvalue weighted by atomic mass is 10.1. The number of fused-ring (bicyclic) bond motifs is 3. The van der Waals surface area contributed by atoms with Crippen LogP contribution < -0.4 is 10.3 Å². The molecule has 0 aliphatic carbocycles. The zero-order chi connectivity index (χ0) is 21.5. The summed E-state index contributed by atoms with van der Waals surface area (Å²) in [7, 11) is 1.59. The molecule has 1 aliphatic heterocycles. The van der Waals surface area contributed by atoms with Gasteiger partial charge in [-0.1, -0.05) is 11.6 Å². The summed E-state index contributed by atoms with van der Waals surface area (Å²) in [5.41, 5.74) is 2.06. The number of pyridine rings is 1. The number of carbonyl (C=O) groups is 1. The average molecular weight is 436 g/mol. The third-order valence-corrected chi connectivity index (χ3v) is 5.79. The standard InChI is InChI=1S/C23H18ClN3O4/c1-30-16-6-4-13-9-15(21(24)26-18(13)11-16)12-31-23(29)14-5-7-17-19(10-14)25-20-3-2-8-27(20)22(17)28/h4-7,9-11H,2-3,8,12H2,1H3. The van der Waals surface area contributed by atoms with Crippen LogP contribution in [0.25, 0.3) is 21.8 Å². The van der Waals surface area contributed by atoms with E-state index in [0.29, 0.717) is 39.8 Å². The molecule has 0 bridgehead atoms. The Labute approximate surface area is 182 Å². The van der Waals surface area contributed by atoms with Gasteiger partial charge in [-0.3, -0.25) is 9.36 Å². The molecule has 0 atom stereocenters. The van der Waals surface area contributed by atoms with Crippen molar-refractivity contribution in [1.82, 2.24) is 14.5 Å². The summed E-state index contributed by atoms with van der Waals surface area (Å²) in [6.45, 7) is 0.666. The molecule has 0 N–H and O–H groups in total. The number of nitrogens with zero attached hydrogens (tertiary/aromatic N) is 3. The highest BCUT2D eigenvalue weighted by Crippen LogP contribution is 2.25. The van der Waals surface area contributed by atoms with E-state index in [2.05, 4.69) is 9.97 Å². The highest BCUT2D eigenvalue weighted by atomic mass is 35.5. The van der Waals surface area contributed by atoms with Crippen LogP contribution in [0.1, 0.15) is 28.2 Å². The normalized spacial score (nSPS) is 12.8. The van der Waals surface area contributed by atoms with Gasteiger partial charge in [-0.25, -0.2) is 14.8 Å². The van der Waals surface area contributed by atoms with Crippen molar-refractivity contribution >= 4 is 39.4 Å². The van der Waals surface area contributed by atoms with Crippen LogP contribution in [0.15, 0.2) is 47.3 Å². The molecule has 7 nitrogen and oxygen atoms in total. The second kappa shape index (κ2) is 7.67. The third kappa shape index (κ3) is 3.51. The number of benzene rings is 2. The Bertz CT molecular complexity index is 1410. The maximum atomic E-state index is 12.6. The van der Waals surface area contributed by atoms with Gasteiger partial charge in [0.25, 0.3) is 5.56 Å². The molecule has 3 heterocycles. The SMILES string of the molecule is COc1ccc2cc(COC(=O)c3ccc4c(=O)n5c(nc4c3)CCC5)c(Cl)nc2c1. The van der Waals surface area contributed by atoms with E-state index < -0.39 is 5.97 Å². The summed E-state index contributed by atoms with van der Waals surface area (Å²) in [5, 5.41) is 1.62. The van der Waals surface area contributed by atoms with E-state index in [4.69, 9.17) is 21.1 Å². The lowest BCUT2D eigenvalue weighted by molar-refractivity contribution is 0.0473. The number of ether oxygens (including phenoxy) is 2. The Morgan fingerprint density at radius 3 is 2.84 bits per heavy atom. The fourth-order valence-electron chi connectivity index (χ4n) is 3.83. The first-order chi connectivity index (χ1) is 15.0. The molecular weight excluding hydrogens is 418 g/mol. The van der Waals surface area contributed by atoms with Gasteiger partial charge < -0.3 is 9.47 Å². The van der Waals surface area contributed by atoms with Crippen molar-refractivity contribution in [3.63, 3.8) is 0 Å². The minimum Gasteiger partial charge on any atom is -0.497 e. The van der Waals surface area contributed by atoms with Gasteiger partial charge in [0.1, 0.15) is 23.3 Å². The molecule has 5 rings (SSSR count). The molecule has 0 radical (unpaired) electrons. The Morgan fingerprint density at radius 2 is 2.00 bits per heavy atom. The average Bonchev–Trinajstić information content (AvgIpc) is 3.25. The van der Waals surface area contributed by atoms with Gasteiger partial charge in [-0.15, -0.1) is 0 Å². The summed E-state index contributed by atoms with van der Waals surface area (Å²) in [6.07, 6.45) is 1.67. The van der Waals surface area contributed by atoms with Crippen molar-refractivity contribution < 1.29 is 14.3 Å². The largest absolute Gasteiger partial charge is 0.497 e. The zero-order valence-electron chi connectivity index (χ0n) is 16.7. The van der Waals surface area contributed by atoms with Crippen molar-refractivity contribution in [3.05, 3.63) is 74.9 Å². The van der Waals surface area contributed by atoms with Gasteiger partial charge in [0.05, 0.1) is 29.1 Å². The number of aromatic nitrogens is 3. The van der Waals surface area contributed by atoms with Gasteiger partial charge in [0.15, 0.2) is 0 Å². The van der Waals surface area contributed by atoms with E-state index in [0.717, 1.165) is 24.1 Å². The molecule has 0 amide bonds. The summed E-state index contributed by atoms with van der Waals surface area (Å²) in [6, 6.07) is 12.1. The number of hydrogen-bond donors (Lipinski definition) is 0. The van der Waals surface area contributed by atoms with Gasteiger partial charge >= 0.3 is 5.97 Å². The van der Waals surface area contributed by atoms with Crippen LogP contribution in [0.5, 0.6) is 5.75 Å². The fourth-order valence-corrected chi connectivity index (χ4v) is 4.03. The maximum absolute atomic E-state index is 12.6. The monoisotopic (exact) mass is 435 g/mol. The van der Waals surface area contributed by atoms with Crippen molar-refractivity contribution in [1.29, 1.82) is 0 Å². The van der Waals surface area contributed by atoms with E-state index in [1.807, 2.05) is 18.2 Å². The van der Waals surface area contributed by atoms with Crippen molar-refractivity contribution in [2.75, 3.05) is 7.11 Å². The number of methoxy groups -OCH3 is 1. The predicted molar refractivity (Wildman–Crippen MR) is 117 cm³/mol. The first kappa shape index (κ1) is 19.5. The second-order valence-electron chi connectivity index (χ2n) is 7.39. The quantitative estimate of drug-likeness (QED) is 0.357. The molecule has 4 aromatic rings. The van der Waals surface area contributed by atoms with E-state index in [1.165, 1.54) is 0 Å². The molecule has 0 saturated carbocycles. The zero-order valence-corrected chi connectivity index (χ0v) is 17.5. The van der Waals surface area contributed by atoms with E-state index in [-0.39, 0.29) is 17.3 Å². The Hall–Kier alpha value is -3.45. The molecule has 8 heteroatoms. The topological polar surface area (TPSA) is 83.3 Å². The lowest BCUT2D eigenvalue weighted by Gasteiger charge is -2.09. The summed E-state index contributed by atoms with van der Waals surface area (Å²) >= 11 is 6.29. The van der Waals surface area contributed by atoms with E-state index >= 15 is 0 Å². The number of esters is 1. The van der Waals surface area contributed by atoms with Crippen LogP contribution >= 0.6 is 11.6 Å². The molecular formula is C23H18ClN3O4. The van der Waals surface area contributed by atoms with Gasteiger partial charge in [0.2, 0.25) is 0 Å². The highest BCUT2D eigenvalue weighted by Gasteiger charge is 2.18. The first-order valence-corrected chi connectivity index (χ1v) is 10.2. The van der Waals surface area contributed by atoms with Crippen LogP contribution in [-0.2, 0) is 24.3 Å². The molecule has 0 saturated heterocycles. The minimum absolute atomic E-state index is 0.0229. The third-order valence-electron chi connectivity index (χ3n) is 5.46. The van der Waals surface area contributed by atoms with E-state index in [9.17, 15) is 9.59 Å². The minimum atomic E-state index is -0.518. The maximum Gasteiger partial charge on any atom is 0.338 e. The molecule has 0 unspecified atom stereocenters. The summed E-state index contributed by atoms with van der Waals surface area (Å²) in [4.78, 5) is 34.1. The number of carbonyl (C=O) groups excluding carboxylic acids is 1. The van der Waals surface area contributed by atoms with Crippen LogP contribution in [-0.4, -0.2) is 27.6 Å². The Kier molecular flexibility index (Phi) is 4.82. The smallest absolute Gasteiger partial charge is 0.338 e. The first-order valence-electron chi connectivity index (χ1n) is 9.87. The molecule has 156 valence electrons. The van der Waals surface area contributed by atoms with Crippen molar-refractivity contribution in [2.24, 2.45) is 0 Å². The molecule has 2 aromatic carbocycles. The number of halogens is 1. The predicted octanol–water partition coefficient (Wildman–Crippen LogP) is 3.91. The van der Waals surface area contributed by atoms with Crippen LogP contribution in [0.2, 0.25) is 5.15 Å². The second-order valence-corrected chi connectivity index (χ2v) is 7.75. The van der Waals surface area contributed by atoms with Crippen LogP contribution in [0.3, 0.4) is 0 Å². The summed E-state index contributed by atoms with van der Waals surface area (Å²) < 4.78 is 12.4. The number of rotatable bonds is 4. The molecule has 0 fully saturated rings. The Balaban J connectivity index is 1.39. The van der Waals surface area contributed by atoms with Crippen molar-refractivity contribution in [2.45, 2.75) is 26.0 Å². The van der Waals surface area contributed by atoms with Crippen LogP contribution in [0.4, 0.5) is 0 Å². The lowest BCUT2D eigenvalue weighted by Crippen LogP contribution is -2.21. The Morgan fingerprint density at radius 1 is 1.13 bits per heavy atom. The fraction of sp³-hybridized carbons (Fsp3) is 0.217. The van der Waals surface area contributed by atoms with E-state index in [1.54, 1.807) is 35.9 Å².